The SMILES string of the molecule is CN(CC1CC1)C(=O)c1c[nH]c(=S)n1-c1ccccc1. The van der Waals surface area contributed by atoms with Crippen molar-refractivity contribution in [3.63, 3.8) is 0 Å². The van der Waals surface area contributed by atoms with E-state index in [2.05, 4.69) is 4.98 Å². The van der Waals surface area contributed by atoms with Crippen LogP contribution in [0.3, 0.4) is 0 Å². The quantitative estimate of drug-likeness (QED) is 0.878. The van der Waals surface area contributed by atoms with Crippen LogP contribution in [-0.2, 0) is 0 Å². The van der Waals surface area contributed by atoms with E-state index in [1.54, 1.807) is 15.7 Å². The summed E-state index contributed by atoms with van der Waals surface area (Å²) in [6.07, 6.45) is 4.16. The molecule has 1 aliphatic carbocycles. The Morgan fingerprint density at radius 2 is 2.10 bits per heavy atom. The second-order valence-electron chi connectivity index (χ2n) is 5.28. The summed E-state index contributed by atoms with van der Waals surface area (Å²) in [6, 6.07) is 9.71. The summed E-state index contributed by atoms with van der Waals surface area (Å²) in [6.45, 7) is 0.825. The molecule has 0 unspecified atom stereocenters. The van der Waals surface area contributed by atoms with Gasteiger partial charge in [-0.25, -0.2) is 0 Å². The van der Waals surface area contributed by atoms with Crippen molar-refractivity contribution in [2.45, 2.75) is 12.8 Å². The van der Waals surface area contributed by atoms with Crippen LogP contribution in [0.1, 0.15) is 23.3 Å². The molecular formula is C15H17N3OS. The van der Waals surface area contributed by atoms with E-state index in [9.17, 15) is 4.79 Å². The molecule has 20 heavy (non-hydrogen) atoms. The average Bonchev–Trinajstić information content (AvgIpc) is 3.19. The number of rotatable bonds is 4. The highest BCUT2D eigenvalue weighted by Crippen LogP contribution is 2.29. The molecule has 2 aromatic rings. The molecule has 1 aromatic carbocycles. The molecule has 1 fully saturated rings. The van der Waals surface area contributed by atoms with Crippen molar-refractivity contribution >= 4 is 18.1 Å². The summed E-state index contributed by atoms with van der Waals surface area (Å²) in [5.41, 5.74) is 1.49. The van der Waals surface area contributed by atoms with Gasteiger partial charge in [0, 0.05) is 25.5 Å². The van der Waals surface area contributed by atoms with Gasteiger partial charge in [0.15, 0.2) is 4.77 Å². The maximum absolute atomic E-state index is 12.6. The van der Waals surface area contributed by atoms with Crippen LogP contribution in [0, 0.1) is 10.7 Å². The van der Waals surface area contributed by atoms with Crippen LogP contribution in [0.2, 0.25) is 0 Å². The molecule has 0 radical (unpaired) electrons. The maximum atomic E-state index is 12.6. The summed E-state index contributed by atoms with van der Waals surface area (Å²) in [5.74, 6) is 0.684. The molecule has 1 amide bonds. The van der Waals surface area contributed by atoms with Gasteiger partial charge >= 0.3 is 0 Å². The van der Waals surface area contributed by atoms with Gasteiger partial charge in [-0.2, -0.15) is 0 Å². The minimum Gasteiger partial charge on any atom is -0.340 e. The van der Waals surface area contributed by atoms with Crippen molar-refractivity contribution in [3.8, 4) is 5.69 Å². The van der Waals surface area contributed by atoms with Crippen molar-refractivity contribution in [2.75, 3.05) is 13.6 Å². The predicted molar refractivity (Wildman–Crippen MR) is 80.6 cm³/mol. The van der Waals surface area contributed by atoms with Crippen molar-refractivity contribution < 1.29 is 4.79 Å². The number of nitrogens with one attached hydrogen (secondary N) is 1. The molecule has 0 atom stereocenters. The predicted octanol–water partition coefficient (Wildman–Crippen LogP) is 3.02. The fourth-order valence-electron chi connectivity index (χ4n) is 2.33. The normalized spacial score (nSPS) is 14.2. The Morgan fingerprint density at radius 3 is 2.75 bits per heavy atom. The number of H-pyrrole nitrogens is 1. The molecule has 0 saturated heterocycles. The first-order chi connectivity index (χ1) is 9.66. The Labute approximate surface area is 123 Å². The number of benzene rings is 1. The van der Waals surface area contributed by atoms with Crippen molar-refractivity contribution in [2.24, 2.45) is 5.92 Å². The number of nitrogens with zero attached hydrogens (tertiary/aromatic N) is 2. The monoisotopic (exact) mass is 287 g/mol. The zero-order valence-corrected chi connectivity index (χ0v) is 12.2. The van der Waals surface area contributed by atoms with Crippen molar-refractivity contribution in [1.29, 1.82) is 0 Å². The number of carbonyl (C=O) groups is 1. The van der Waals surface area contributed by atoms with Gasteiger partial charge < -0.3 is 9.88 Å². The van der Waals surface area contributed by atoms with E-state index in [1.807, 2.05) is 37.4 Å². The first-order valence-electron chi connectivity index (χ1n) is 6.78. The van der Waals surface area contributed by atoms with Crippen LogP contribution in [-0.4, -0.2) is 34.0 Å². The fourth-order valence-corrected chi connectivity index (χ4v) is 2.59. The van der Waals surface area contributed by atoms with Gasteiger partial charge in [-0.15, -0.1) is 0 Å². The van der Waals surface area contributed by atoms with Crippen LogP contribution in [0.15, 0.2) is 36.5 Å². The molecule has 1 saturated carbocycles. The van der Waals surface area contributed by atoms with E-state index >= 15 is 0 Å². The standard InChI is InChI=1S/C15H17N3OS/c1-17(10-11-7-8-11)14(19)13-9-16-15(20)18(13)12-5-3-2-4-6-12/h2-6,9,11H,7-8,10H2,1H3,(H,16,20). The van der Waals surface area contributed by atoms with E-state index in [0.29, 0.717) is 16.4 Å². The van der Waals surface area contributed by atoms with Crippen LogP contribution >= 0.6 is 12.2 Å². The van der Waals surface area contributed by atoms with Gasteiger partial charge in [-0.1, -0.05) is 18.2 Å². The first kappa shape index (κ1) is 13.1. The van der Waals surface area contributed by atoms with Gasteiger partial charge in [-0.3, -0.25) is 9.36 Å². The Morgan fingerprint density at radius 1 is 1.40 bits per heavy atom. The number of hydrogen-bond donors (Lipinski definition) is 1. The van der Waals surface area contributed by atoms with E-state index in [1.165, 1.54) is 12.8 Å². The molecular weight excluding hydrogens is 270 g/mol. The van der Waals surface area contributed by atoms with Crippen LogP contribution in [0.4, 0.5) is 0 Å². The molecule has 0 aliphatic heterocycles. The summed E-state index contributed by atoms with van der Waals surface area (Å²) < 4.78 is 2.33. The largest absolute Gasteiger partial charge is 0.340 e. The Hall–Kier alpha value is -1.88. The lowest BCUT2D eigenvalue weighted by Gasteiger charge is -2.17. The average molecular weight is 287 g/mol. The number of para-hydroxylation sites is 1. The number of amides is 1. The lowest BCUT2D eigenvalue weighted by atomic mass is 10.3. The molecule has 3 rings (SSSR count). The van der Waals surface area contributed by atoms with Crippen LogP contribution < -0.4 is 0 Å². The van der Waals surface area contributed by atoms with Gasteiger partial charge in [0.1, 0.15) is 5.69 Å². The third-order valence-electron chi connectivity index (χ3n) is 3.59. The number of hydrogen-bond acceptors (Lipinski definition) is 2. The Bertz CT molecular complexity index is 670. The third-order valence-corrected chi connectivity index (χ3v) is 3.89. The number of carbonyl (C=O) groups excluding carboxylic acids is 1. The molecule has 1 aliphatic rings. The van der Waals surface area contributed by atoms with E-state index in [-0.39, 0.29) is 5.91 Å². The summed E-state index contributed by atoms with van der Waals surface area (Å²) in [4.78, 5) is 17.3. The Balaban J connectivity index is 1.94. The van der Waals surface area contributed by atoms with Crippen LogP contribution in [0.25, 0.3) is 5.69 Å². The Kier molecular flexibility index (Phi) is 3.44. The number of aromatic nitrogens is 2. The third kappa shape index (κ3) is 2.54. The van der Waals surface area contributed by atoms with Crippen LogP contribution in [0.5, 0.6) is 0 Å². The first-order valence-corrected chi connectivity index (χ1v) is 7.19. The smallest absolute Gasteiger partial charge is 0.272 e. The van der Waals surface area contributed by atoms with Gasteiger partial charge in [0.05, 0.1) is 0 Å². The second-order valence-corrected chi connectivity index (χ2v) is 5.67. The number of imidazole rings is 1. The minimum atomic E-state index is 0.00750. The zero-order chi connectivity index (χ0) is 14.1. The van der Waals surface area contributed by atoms with Gasteiger partial charge in [-0.05, 0) is 43.1 Å². The van der Waals surface area contributed by atoms with Crippen molar-refractivity contribution in [3.05, 3.63) is 47.0 Å². The summed E-state index contributed by atoms with van der Waals surface area (Å²) in [7, 11) is 1.85. The lowest BCUT2D eigenvalue weighted by molar-refractivity contribution is 0.0780. The number of aromatic amines is 1. The molecule has 5 heteroatoms. The highest BCUT2D eigenvalue weighted by atomic mass is 32.1. The highest BCUT2D eigenvalue weighted by molar-refractivity contribution is 7.71. The minimum absolute atomic E-state index is 0.00750. The van der Waals surface area contributed by atoms with E-state index < -0.39 is 0 Å². The molecule has 0 spiro atoms. The lowest BCUT2D eigenvalue weighted by Crippen LogP contribution is -2.30. The topological polar surface area (TPSA) is 41.0 Å². The highest BCUT2D eigenvalue weighted by Gasteiger charge is 2.26. The fraction of sp³-hybridized carbons (Fsp3) is 0.333. The second kappa shape index (κ2) is 5.25. The molecule has 104 valence electrons. The molecule has 1 N–H and O–H groups in total. The van der Waals surface area contributed by atoms with Gasteiger partial charge in [0.2, 0.25) is 0 Å². The summed E-state index contributed by atoms with van der Waals surface area (Å²) in [5, 5.41) is 0. The zero-order valence-electron chi connectivity index (χ0n) is 11.4. The van der Waals surface area contributed by atoms with E-state index in [4.69, 9.17) is 12.2 Å². The molecule has 1 aromatic heterocycles. The van der Waals surface area contributed by atoms with E-state index in [0.717, 1.165) is 12.2 Å². The molecule has 1 heterocycles. The van der Waals surface area contributed by atoms with Gasteiger partial charge in [0.25, 0.3) is 5.91 Å². The summed E-state index contributed by atoms with van der Waals surface area (Å²) >= 11 is 5.30. The van der Waals surface area contributed by atoms with Crippen molar-refractivity contribution in [1.82, 2.24) is 14.5 Å². The maximum Gasteiger partial charge on any atom is 0.272 e. The molecule has 0 bridgehead atoms. The molecule has 4 nitrogen and oxygen atoms in total.